The molecule has 1 aliphatic heterocycles. The van der Waals surface area contributed by atoms with E-state index in [-0.39, 0.29) is 21.8 Å². The highest BCUT2D eigenvalue weighted by Gasteiger charge is 2.59. The highest BCUT2D eigenvalue weighted by molar-refractivity contribution is 7.20. The molecule has 2 unspecified atom stereocenters. The average Bonchev–Trinajstić information content (AvgIpc) is 3.80. The first-order valence-electron chi connectivity index (χ1n) is 24.3. The summed E-state index contributed by atoms with van der Waals surface area (Å²) in [6.07, 6.45) is 10.8. The predicted molar refractivity (Wildman–Crippen MR) is 279 cm³/mol. The summed E-state index contributed by atoms with van der Waals surface area (Å²) in [5.74, 6) is 1.94. The van der Waals surface area contributed by atoms with E-state index in [1.807, 2.05) is 6.20 Å². The first-order valence-corrected chi connectivity index (χ1v) is 26.3. The van der Waals surface area contributed by atoms with Crippen molar-refractivity contribution >= 4 is 62.3 Å². The first kappa shape index (κ1) is 41.7. The van der Waals surface area contributed by atoms with Crippen molar-refractivity contribution in [3.63, 3.8) is 0 Å². The van der Waals surface area contributed by atoms with Gasteiger partial charge in [-0.1, -0.05) is 187 Å². The Kier molecular flexibility index (Phi) is 9.44. The number of hydrogen-bond acceptors (Lipinski definition) is 5. The molecule has 2 aliphatic carbocycles. The molecule has 3 aromatic heterocycles. The summed E-state index contributed by atoms with van der Waals surface area (Å²) in [5.41, 5.74) is 8.24. The highest BCUT2D eigenvalue weighted by Crippen LogP contribution is 2.60. The summed E-state index contributed by atoms with van der Waals surface area (Å²) in [6, 6.07) is 58.9. The molecular formula is C60H58N6Si. The summed E-state index contributed by atoms with van der Waals surface area (Å²) in [4.78, 5) is 24.0. The quantitative estimate of drug-likeness (QED) is 0.118. The Hall–Kier alpha value is -6.70. The molecule has 6 nitrogen and oxygen atoms in total. The zero-order valence-corrected chi connectivity index (χ0v) is 40.6. The van der Waals surface area contributed by atoms with Crippen molar-refractivity contribution in [2.45, 2.75) is 102 Å². The standard InChI is InChI=1S/C60H58N6Si/c1-57(2)35-36-58(3,4)49-39-45(30-31-48(49)57)67(42-21-9-7-10-22-42,43-23-11-8-12-24-43)44-25-19-20-41(38-44)54-62-55(65-51-28-15-13-26-46(51)47-27-14-16-29-52(47)65)64-56(63-54)66-53-32-37-61-40-50(53)59(5)33-17-18-34-60(59,66)6/h7-16,19-32,37-40H,17-18,33-36H2,1-6H3. The zero-order valence-electron chi connectivity index (χ0n) is 39.6. The fourth-order valence-corrected chi connectivity index (χ4v) is 17.6. The Morgan fingerprint density at radius 1 is 0.478 bits per heavy atom. The molecule has 0 N–H and O–H groups in total. The number of hydrogen-bond donors (Lipinski definition) is 0. The van der Waals surface area contributed by atoms with Crippen molar-refractivity contribution in [3.05, 3.63) is 187 Å². The van der Waals surface area contributed by atoms with Crippen LogP contribution in [-0.2, 0) is 16.2 Å². The molecule has 2 atom stereocenters. The fourth-order valence-electron chi connectivity index (χ4n) is 12.8. The molecule has 0 spiro atoms. The van der Waals surface area contributed by atoms with E-state index in [0.29, 0.717) is 17.7 Å². The molecule has 0 bridgehead atoms. The van der Waals surface area contributed by atoms with Gasteiger partial charge in [-0.2, -0.15) is 15.0 Å². The van der Waals surface area contributed by atoms with Gasteiger partial charge in [0.15, 0.2) is 13.9 Å². The summed E-state index contributed by atoms with van der Waals surface area (Å²) in [6.45, 7) is 14.6. The third-order valence-electron chi connectivity index (χ3n) is 16.8. The molecule has 9 aromatic rings. The first-order chi connectivity index (χ1) is 32.4. The molecule has 12 rings (SSSR count). The van der Waals surface area contributed by atoms with Gasteiger partial charge in [-0.3, -0.25) is 9.55 Å². The van der Waals surface area contributed by atoms with Crippen LogP contribution < -0.4 is 25.6 Å². The Labute approximate surface area is 395 Å². The van der Waals surface area contributed by atoms with Gasteiger partial charge in [0, 0.05) is 39.7 Å². The van der Waals surface area contributed by atoms with Crippen molar-refractivity contribution in [3.8, 4) is 17.3 Å². The molecule has 0 saturated heterocycles. The normalized spacial score (nSPS) is 20.7. The van der Waals surface area contributed by atoms with Crippen LogP contribution in [-0.4, -0.2) is 38.1 Å². The minimum absolute atomic E-state index is 0.0516. The summed E-state index contributed by atoms with van der Waals surface area (Å²) in [7, 11) is -3.00. The van der Waals surface area contributed by atoms with Crippen LogP contribution in [0.5, 0.6) is 0 Å². The SMILES string of the molecule is CC1(C)CCC(C)(C)c2cc([Si](c3ccccc3)(c3ccccc3)c3cccc(-c4nc(N5c6ccncc6C6(C)CCCCC56C)nc(-n5c6ccccc6c6ccccc65)n4)c3)ccc21. The number of para-hydroxylation sites is 2. The largest absolute Gasteiger partial charge is 0.303 e. The van der Waals surface area contributed by atoms with Gasteiger partial charge in [0.1, 0.15) is 0 Å². The highest BCUT2D eigenvalue weighted by atomic mass is 28.3. The van der Waals surface area contributed by atoms with E-state index in [0.717, 1.165) is 48.0 Å². The van der Waals surface area contributed by atoms with E-state index >= 15 is 0 Å². The third kappa shape index (κ3) is 6.12. The molecule has 4 heterocycles. The second-order valence-corrected chi connectivity index (χ2v) is 25.1. The number of aromatic nitrogens is 5. The van der Waals surface area contributed by atoms with Crippen LogP contribution in [0.25, 0.3) is 39.1 Å². The lowest BCUT2D eigenvalue weighted by molar-refractivity contribution is 0.193. The van der Waals surface area contributed by atoms with Crippen molar-refractivity contribution < 1.29 is 0 Å². The van der Waals surface area contributed by atoms with Gasteiger partial charge in [-0.15, -0.1) is 0 Å². The van der Waals surface area contributed by atoms with Gasteiger partial charge >= 0.3 is 0 Å². The van der Waals surface area contributed by atoms with E-state index in [2.05, 4.69) is 215 Å². The van der Waals surface area contributed by atoms with E-state index in [1.165, 1.54) is 61.1 Å². The van der Waals surface area contributed by atoms with E-state index < -0.39 is 8.07 Å². The molecule has 0 amide bonds. The van der Waals surface area contributed by atoms with Gasteiger partial charge in [-0.25, -0.2) is 0 Å². The second-order valence-electron chi connectivity index (χ2n) is 21.3. The van der Waals surface area contributed by atoms with Crippen LogP contribution in [0.4, 0.5) is 11.6 Å². The van der Waals surface area contributed by atoms with Gasteiger partial charge in [0.2, 0.25) is 11.9 Å². The lowest BCUT2D eigenvalue weighted by Gasteiger charge is -2.49. The molecule has 7 heteroatoms. The Morgan fingerprint density at radius 3 is 1.75 bits per heavy atom. The molecule has 1 saturated carbocycles. The number of pyridine rings is 1. The van der Waals surface area contributed by atoms with Crippen molar-refractivity contribution in [1.29, 1.82) is 0 Å². The molecular weight excluding hydrogens is 833 g/mol. The Balaban J connectivity index is 1.14. The number of nitrogens with zero attached hydrogens (tertiary/aromatic N) is 6. The monoisotopic (exact) mass is 890 g/mol. The predicted octanol–water partition coefficient (Wildman–Crippen LogP) is 11.5. The van der Waals surface area contributed by atoms with Gasteiger partial charge in [0.05, 0.1) is 22.3 Å². The number of benzene rings is 6. The topological polar surface area (TPSA) is 59.7 Å². The van der Waals surface area contributed by atoms with E-state index in [9.17, 15) is 0 Å². The fraction of sp³-hybridized carbons (Fsp3) is 0.267. The molecule has 67 heavy (non-hydrogen) atoms. The Bertz CT molecular complexity index is 3280. The summed E-state index contributed by atoms with van der Waals surface area (Å²) in [5, 5.41) is 7.72. The lowest BCUT2D eigenvalue weighted by Crippen LogP contribution is -2.75. The summed E-state index contributed by atoms with van der Waals surface area (Å²) >= 11 is 0. The van der Waals surface area contributed by atoms with Crippen LogP contribution in [0, 0.1) is 0 Å². The van der Waals surface area contributed by atoms with Crippen LogP contribution in [0.15, 0.2) is 170 Å². The molecule has 3 aliphatic rings. The van der Waals surface area contributed by atoms with Crippen LogP contribution >= 0.6 is 0 Å². The minimum Gasteiger partial charge on any atom is -0.303 e. The second kappa shape index (κ2) is 15.2. The van der Waals surface area contributed by atoms with Crippen molar-refractivity contribution in [2.24, 2.45) is 0 Å². The van der Waals surface area contributed by atoms with Crippen LogP contribution in [0.1, 0.15) is 96.8 Å². The minimum atomic E-state index is -3.00. The van der Waals surface area contributed by atoms with Gasteiger partial charge in [0.25, 0.3) is 0 Å². The van der Waals surface area contributed by atoms with Gasteiger partial charge < -0.3 is 4.90 Å². The lowest BCUT2D eigenvalue weighted by atomic mass is 9.62. The van der Waals surface area contributed by atoms with E-state index in [4.69, 9.17) is 19.9 Å². The smallest absolute Gasteiger partial charge is 0.240 e. The molecule has 1 fully saturated rings. The maximum Gasteiger partial charge on any atom is 0.240 e. The van der Waals surface area contributed by atoms with E-state index in [1.54, 1.807) is 0 Å². The third-order valence-corrected chi connectivity index (χ3v) is 21.5. The maximum absolute atomic E-state index is 5.64. The number of fused-ring (bicyclic) bond motifs is 7. The molecule has 332 valence electrons. The summed E-state index contributed by atoms with van der Waals surface area (Å²) < 4.78 is 2.25. The van der Waals surface area contributed by atoms with Crippen molar-refractivity contribution in [1.82, 2.24) is 24.5 Å². The number of rotatable bonds is 7. The maximum atomic E-state index is 5.64. The molecule has 6 aromatic carbocycles. The molecule has 0 radical (unpaired) electrons. The van der Waals surface area contributed by atoms with Crippen molar-refractivity contribution in [2.75, 3.05) is 4.90 Å². The van der Waals surface area contributed by atoms with Gasteiger partial charge in [-0.05, 0) is 93.5 Å². The number of anilines is 2. The Morgan fingerprint density at radius 2 is 1.06 bits per heavy atom. The zero-order chi connectivity index (χ0) is 45.8. The van der Waals surface area contributed by atoms with Crippen LogP contribution in [0.3, 0.4) is 0 Å². The van der Waals surface area contributed by atoms with Crippen LogP contribution in [0.2, 0.25) is 0 Å². The average molecular weight is 891 g/mol.